The Labute approximate surface area is 114 Å². The van der Waals surface area contributed by atoms with Crippen LogP contribution in [0.4, 0.5) is 0 Å². The zero-order valence-electron chi connectivity index (χ0n) is 10.5. The number of carbonyl (C=O) groups is 1. The topological polar surface area (TPSA) is 127 Å². The van der Waals surface area contributed by atoms with E-state index in [4.69, 9.17) is 9.84 Å². The van der Waals surface area contributed by atoms with Crippen molar-refractivity contribution in [1.82, 2.24) is 0 Å². The number of Topliss-reactive ketones (excluding diaryl/α,β-unsaturated/α-hetero) is 1. The predicted molar refractivity (Wildman–Crippen MR) is 65.7 cm³/mol. The second-order valence-corrected chi connectivity index (χ2v) is 4.66. The minimum absolute atomic E-state index is 0.0545. The van der Waals surface area contributed by atoms with Gasteiger partial charge in [0.2, 0.25) is 0 Å². The summed E-state index contributed by atoms with van der Waals surface area (Å²) in [6, 6.07) is 7.55. The molecule has 2 rings (SSSR count). The fourth-order valence-electron chi connectivity index (χ4n) is 2.24. The smallest absolute Gasteiger partial charge is 0.200 e. The second-order valence-electron chi connectivity index (χ2n) is 4.66. The highest BCUT2D eigenvalue weighted by molar-refractivity contribution is 6.03. The molecule has 0 aliphatic carbocycles. The van der Waals surface area contributed by atoms with Crippen molar-refractivity contribution in [2.75, 3.05) is 6.61 Å². The molecule has 1 saturated heterocycles. The van der Waals surface area contributed by atoms with E-state index in [1.165, 1.54) is 12.1 Å². The molecule has 0 amide bonds. The van der Waals surface area contributed by atoms with Crippen LogP contribution in [-0.4, -0.2) is 68.1 Å². The van der Waals surface area contributed by atoms with Crippen LogP contribution in [-0.2, 0) is 4.74 Å². The Balaban J connectivity index is 2.41. The fraction of sp³-hybridized carbons (Fsp3) is 0.462. The molecule has 0 saturated carbocycles. The van der Waals surface area contributed by atoms with Gasteiger partial charge in [-0.05, 0) is 0 Å². The first kappa shape index (κ1) is 15.0. The Kier molecular flexibility index (Phi) is 4.19. The van der Waals surface area contributed by atoms with Crippen molar-refractivity contribution in [3.05, 3.63) is 35.9 Å². The van der Waals surface area contributed by atoms with Crippen molar-refractivity contribution < 1.29 is 35.1 Å². The van der Waals surface area contributed by atoms with Crippen LogP contribution in [0.25, 0.3) is 0 Å². The molecule has 1 unspecified atom stereocenters. The molecule has 110 valence electrons. The zero-order chi connectivity index (χ0) is 14.9. The molecular formula is C13H16O7. The van der Waals surface area contributed by atoms with Gasteiger partial charge in [-0.2, -0.15) is 0 Å². The molecule has 1 fully saturated rings. The molecule has 0 radical (unpaired) electrons. The summed E-state index contributed by atoms with van der Waals surface area (Å²) in [7, 11) is 0. The average Bonchev–Trinajstić information content (AvgIpc) is 2.49. The maximum atomic E-state index is 12.3. The zero-order valence-corrected chi connectivity index (χ0v) is 10.5. The molecule has 0 aromatic heterocycles. The van der Waals surface area contributed by atoms with Crippen LogP contribution in [0.3, 0.4) is 0 Å². The molecule has 0 spiro atoms. The van der Waals surface area contributed by atoms with E-state index in [2.05, 4.69) is 0 Å². The van der Waals surface area contributed by atoms with Crippen molar-refractivity contribution in [3.8, 4) is 0 Å². The molecule has 1 heterocycles. The van der Waals surface area contributed by atoms with Crippen LogP contribution in [0.15, 0.2) is 30.3 Å². The third-order valence-corrected chi connectivity index (χ3v) is 3.42. The van der Waals surface area contributed by atoms with Crippen LogP contribution in [0.1, 0.15) is 10.4 Å². The fourth-order valence-corrected chi connectivity index (χ4v) is 2.24. The second kappa shape index (κ2) is 5.57. The number of aliphatic hydroxyl groups is 5. The predicted octanol–water partition coefficient (Wildman–Crippen LogP) is -1.97. The summed E-state index contributed by atoms with van der Waals surface area (Å²) in [5.41, 5.74) is -2.61. The standard InChI is InChI=1S/C13H16O7/c14-6-8-10(16)13(19,11(17)12(18)20-8)9(15)7-4-2-1-3-5-7/h1-5,8,10-12,14,16-19H,6H2/t8-,10+,11+,12?,13+/m1/s1. The summed E-state index contributed by atoms with van der Waals surface area (Å²) in [6.07, 6.45) is -7.19. The number of ketones is 1. The molecule has 7 heteroatoms. The van der Waals surface area contributed by atoms with Gasteiger partial charge in [-0.3, -0.25) is 4.79 Å². The van der Waals surface area contributed by atoms with Gasteiger partial charge in [0.05, 0.1) is 6.61 Å². The van der Waals surface area contributed by atoms with Gasteiger partial charge >= 0.3 is 0 Å². The lowest BCUT2D eigenvalue weighted by Gasteiger charge is -2.45. The van der Waals surface area contributed by atoms with E-state index >= 15 is 0 Å². The van der Waals surface area contributed by atoms with E-state index in [1.54, 1.807) is 18.2 Å². The average molecular weight is 284 g/mol. The van der Waals surface area contributed by atoms with Crippen molar-refractivity contribution in [2.45, 2.75) is 30.2 Å². The van der Waals surface area contributed by atoms with Crippen LogP contribution < -0.4 is 0 Å². The minimum Gasteiger partial charge on any atom is -0.394 e. The Morgan fingerprint density at radius 2 is 1.75 bits per heavy atom. The van der Waals surface area contributed by atoms with E-state index in [9.17, 15) is 25.2 Å². The molecule has 5 N–H and O–H groups in total. The van der Waals surface area contributed by atoms with Crippen molar-refractivity contribution in [1.29, 1.82) is 0 Å². The molecule has 20 heavy (non-hydrogen) atoms. The summed E-state index contributed by atoms with van der Waals surface area (Å²) in [5, 5.41) is 48.8. The summed E-state index contributed by atoms with van der Waals surface area (Å²) in [4.78, 5) is 12.3. The van der Waals surface area contributed by atoms with Gasteiger partial charge in [0.1, 0.15) is 18.3 Å². The molecule has 1 aromatic rings. The van der Waals surface area contributed by atoms with E-state index in [0.717, 1.165) is 0 Å². The van der Waals surface area contributed by atoms with E-state index < -0.39 is 42.6 Å². The molecule has 1 aromatic carbocycles. The summed E-state index contributed by atoms with van der Waals surface area (Å²) < 4.78 is 4.73. The number of ether oxygens (including phenoxy) is 1. The van der Waals surface area contributed by atoms with Crippen molar-refractivity contribution >= 4 is 5.78 Å². The Morgan fingerprint density at radius 3 is 2.30 bits per heavy atom. The third-order valence-electron chi connectivity index (χ3n) is 3.42. The molecule has 0 bridgehead atoms. The molecular weight excluding hydrogens is 268 g/mol. The quantitative estimate of drug-likeness (QED) is 0.407. The molecule has 1 aliphatic rings. The third kappa shape index (κ3) is 2.24. The van der Waals surface area contributed by atoms with E-state index in [-0.39, 0.29) is 5.56 Å². The van der Waals surface area contributed by atoms with Gasteiger partial charge in [-0.15, -0.1) is 0 Å². The number of benzene rings is 1. The van der Waals surface area contributed by atoms with Crippen molar-refractivity contribution in [2.24, 2.45) is 0 Å². The van der Waals surface area contributed by atoms with Crippen LogP contribution in [0, 0.1) is 0 Å². The maximum absolute atomic E-state index is 12.3. The lowest BCUT2D eigenvalue weighted by atomic mass is 9.78. The lowest BCUT2D eigenvalue weighted by molar-refractivity contribution is -0.306. The highest BCUT2D eigenvalue weighted by Gasteiger charge is 2.59. The van der Waals surface area contributed by atoms with Gasteiger partial charge in [-0.1, -0.05) is 30.3 Å². The molecule has 7 nitrogen and oxygen atoms in total. The minimum atomic E-state index is -2.66. The van der Waals surface area contributed by atoms with Gasteiger partial charge in [0.15, 0.2) is 17.7 Å². The number of aliphatic hydroxyl groups excluding tert-OH is 4. The monoisotopic (exact) mass is 284 g/mol. The highest BCUT2D eigenvalue weighted by Crippen LogP contribution is 2.32. The van der Waals surface area contributed by atoms with Crippen molar-refractivity contribution in [3.63, 3.8) is 0 Å². The van der Waals surface area contributed by atoms with Gasteiger partial charge in [-0.25, -0.2) is 0 Å². The molecule has 1 aliphatic heterocycles. The summed E-state index contributed by atoms with van der Waals surface area (Å²) in [6.45, 7) is -0.727. The molecule has 5 atom stereocenters. The van der Waals surface area contributed by atoms with E-state index in [1.807, 2.05) is 0 Å². The maximum Gasteiger partial charge on any atom is 0.200 e. The number of hydrogen-bond acceptors (Lipinski definition) is 7. The number of carbonyl (C=O) groups excluding carboxylic acids is 1. The summed E-state index contributed by atoms with van der Waals surface area (Å²) in [5.74, 6) is -0.959. The van der Waals surface area contributed by atoms with Crippen LogP contribution in [0.5, 0.6) is 0 Å². The first-order valence-corrected chi connectivity index (χ1v) is 6.05. The van der Waals surface area contributed by atoms with Gasteiger partial charge in [0, 0.05) is 5.56 Å². The highest BCUT2D eigenvalue weighted by atomic mass is 16.6. The SMILES string of the molecule is O=C(c1ccccc1)[C@@]1(O)[C@@H](O)C(O)O[C@H](CO)[C@@H]1O. The normalized spacial score (nSPS) is 37.6. The first-order valence-electron chi connectivity index (χ1n) is 6.05. The Morgan fingerprint density at radius 1 is 1.15 bits per heavy atom. The van der Waals surface area contributed by atoms with Gasteiger partial charge in [0.25, 0.3) is 0 Å². The lowest BCUT2D eigenvalue weighted by Crippen LogP contribution is -2.70. The van der Waals surface area contributed by atoms with Gasteiger partial charge < -0.3 is 30.3 Å². The summed E-state index contributed by atoms with van der Waals surface area (Å²) >= 11 is 0. The van der Waals surface area contributed by atoms with E-state index in [0.29, 0.717) is 0 Å². The Hall–Kier alpha value is -1.35. The Bertz CT molecular complexity index is 477. The largest absolute Gasteiger partial charge is 0.394 e. The number of rotatable bonds is 3. The van der Waals surface area contributed by atoms with Crippen LogP contribution in [0.2, 0.25) is 0 Å². The van der Waals surface area contributed by atoms with Crippen LogP contribution >= 0.6 is 0 Å². The number of hydrogen-bond donors (Lipinski definition) is 5. The first-order chi connectivity index (χ1) is 9.42.